The summed E-state index contributed by atoms with van der Waals surface area (Å²) in [6.45, 7) is 4.76. The molecule has 0 amide bonds. The lowest BCUT2D eigenvalue weighted by molar-refractivity contribution is 0.646. The highest BCUT2D eigenvalue weighted by atomic mass is 14.4. The Labute approximate surface area is 181 Å². The number of hydrogen-bond acceptors (Lipinski definition) is 0. The lowest BCUT2D eigenvalue weighted by Crippen LogP contribution is -2.24. The molecule has 6 aromatic carbocycles. The van der Waals surface area contributed by atoms with Crippen LogP contribution in [0.1, 0.15) is 25.0 Å². The zero-order chi connectivity index (χ0) is 20.7. The molecule has 0 heteroatoms. The first-order valence-electron chi connectivity index (χ1n) is 11.0. The number of rotatable bonds is 0. The molecular formula is C31H22. The van der Waals surface area contributed by atoms with E-state index in [2.05, 4.69) is 111 Å². The second kappa shape index (κ2) is 5.74. The van der Waals surface area contributed by atoms with Crippen LogP contribution < -0.4 is 0 Å². The van der Waals surface area contributed by atoms with Gasteiger partial charge in [-0.25, -0.2) is 0 Å². The summed E-state index contributed by atoms with van der Waals surface area (Å²) in [7, 11) is 0. The first-order valence-corrected chi connectivity index (χ1v) is 11.0. The lowest BCUT2D eigenvalue weighted by atomic mass is 9.66. The fourth-order valence-corrected chi connectivity index (χ4v) is 5.93. The number of fused-ring (bicyclic) bond motifs is 8. The monoisotopic (exact) mass is 394 g/mol. The van der Waals surface area contributed by atoms with Crippen molar-refractivity contribution in [3.05, 3.63) is 108 Å². The molecular weight excluding hydrogens is 372 g/mol. The normalized spacial score (nSPS) is 14.4. The van der Waals surface area contributed by atoms with Gasteiger partial charge < -0.3 is 0 Å². The minimum absolute atomic E-state index is 0.0515. The fourth-order valence-electron chi connectivity index (χ4n) is 5.93. The van der Waals surface area contributed by atoms with Gasteiger partial charge in [-0.3, -0.25) is 0 Å². The Balaban J connectivity index is 1.80. The highest BCUT2D eigenvalue weighted by molar-refractivity contribution is 6.22. The van der Waals surface area contributed by atoms with Crippen molar-refractivity contribution in [2.24, 2.45) is 0 Å². The van der Waals surface area contributed by atoms with Crippen molar-refractivity contribution >= 4 is 43.1 Å². The quantitative estimate of drug-likeness (QED) is 0.179. The van der Waals surface area contributed by atoms with Crippen LogP contribution in [-0.2, 0) is 5.41 Å². The van der Waals surface area contributed by atoms with Gasteiger partial charge in [0.1, 0.15) is 0 Å². The second-order valence-electron chi connectivity index (χ2n) is 9.37. The van der Waals surface area contributed by atoms with Crippen LogP contribution >= 0.6 is 0 Å². The Hall–Kier alpha value is -3.64. The molecule has 0 saturated heterocycles. The van der Waals surface area contributed by atoms with Crippen molar-refractivity contribution in [1.29, 1.82) is 0 Å². The first kappa shape index (κ1) is 17.1. The van der Waals surface area contributed by atoms with Crippen LogP contribution in [0.4, 0.5) is 0 Å². The molecule has 0 aromatic heterocycles. The summed E-state index contributed by atoms with van der Waals surface area (Å²) < 4.78 is 0. The molecule has 0 radical (unpaired) electrons. The predicted octanol–water partition coefficient (Wildman–Crippen LogP) is 8.61. The summed E-state index contributed by atoms with van der Waals surface area (Å²) in [6, 6.07) is 36.1. The lowest BCUT2D eigenvalue weighted by Gasteiger charge is -2.36. The molecule has 7 rings (SSSR count). The smallest absolute Gasteiger partial charge is 0.0159 e. The van der Waals surface area contributed by atoms with Crippen molar-refractivity contribution in [3.63, 3.8) is 0 Å². The van der Waals surface area contributed by atoms with Crippen LogP contribution in [0.3, 0.4) is 0 Å². The molecule has 0 fully saturated rings. The SMILES string of the molecule is CC1(C)c2ccc3c(ccc4ccccc43)c2-c2c3ccccc3cc3cccc1c23. The van der Waals surface area contributed by atoms with Gasteiger partial charge in [0.15, 0.2) is 0 Å². The largest absolute Gasteiger partial charge is 0.0616 e. The van der Waals surface area contributed by atoms with Gasteiger partial charge in [0.05, 0.1) is 0 Å². The Morgan fingerprint density at radius 1 is 0.452 bits per heavy atom. The van der Waals surface area contributed by atoms with Gasteiger partial charge in [0.25, 0.3) is 0 Å². The minimum Gasteiger partial charge on any atom is -0.0616 e. The van der Waals surface area contributed by atoms with Crippen LogP contribution in [0.25, 0.3) is 54.2 Å². The van der Waals surface area contributed by atoms with E-state index in [4.69, 9.17) is 0 Å². The number of hydrogen-bond donors (Lipinski definition) is 0. The summed E-state index contributed by atoms with van der Waals surface area (Å²) in [5, 5.41) is 10.7. The third-order valence-corrected chi connectivity index (χ3v) is 7.41. The van der Waals surface area contributed by atoms with Gasteiger partial charge in [0, 0.05) is 5.41 Å². The van der Waals surface area contributed by atoms with E-state index in [-0.39, 0.29) is 5.41 Å². The Kier molecular flexibility index (Phi) is 3.16. The predicted molar refractivity (Wildman–Crippen MR) is 134 cm³/mol. The molecule has 1 aliphatic carbocycles. The standard InChI is InChI=1S/C31H22/c1-31(2)26-13-7-10-21-18-20-9-4-6-12-23(20)30(28(21)26)29-25-15-14-19-8-3-5-11-22(19)24(25)16-17-27(29)31/h3-18H,1-2H3. The van der Waals surface area contributed by atoms with E-state index >= 15 is 0 Å². The van der Waals surface area contributed by atoms with Gasteiger partial charge in [-0.1, -0.05) is 105 Å². The average molecular weight is 395 g/mol. The molecule has 6 aromatic rings. The Morgan fingerprint density at radius 2 is 1.16 bits per heavy atom. The molecule has 1 aliphatic rings. The van der Waals surface area contributed by atoms with Gasteiger partial charge in [-0.15, -0.1) is 0 Å². The van der Waals surface area contributed by atoms with Crippen LogP contribution in [0, 0.1) is 0 Å². The molecule has 0 unspecified atom stereocenters. The molecule has 0 aliphatic heterocycles. The molecule has 146 valence electrons. The maximum atomic E-state index is 2.38. The van der Waals surface area contributed by atoms with Gasteiger partial charge >= 0.3 is 0 Å². The molecule has 0 bridgehead atoms. The van der Waals surface area contributed by atoms with Crippen molar-refractivity contribution < 1.29 is 0 Å². The number of benzene rings is 6. The third kappa shape index (κ3) is 2.10. The van der Waals surface area contributed by atoms with E-state index in [1.165, 1.54) is 65.3 Å². The summed E-state index contributed by atoms with van der Waals surface area (Å²) in [5.41, 5.74) is 5.61. The summed E-state index contributed by atoms with van der Waals surface area (Å²) in [5.74, 6) is 0. The van der Waals surface area contributed by atoms with Crippen molar-refractivity contribution in [3.8, 4) is 11.1 Å². The van der Waals surface area contributed by atoms with Gasteiger partial charge in [-0.2, -0.15) is 0 Å². The van der Waals surface area contributed by atoms with Crippen LogP contribution in [0.5, 0.6) is 0 Å². The summed E-state index contributed by atoms with van der Waals surface area (Å²) in [6.07, 6.45) is 0. The van der Waals surface area contributed by atoms with E-state index in [0.717, 1.165) is 0 Å². The molecule has 0 nitrogen and oxygen atoms in total. The highest BCUT2D eigenvalue weighted by Crippen LogP contribution is 2.53. The van der Waals surface area contributed by atoms with E-state index in [0.29, 0.717) is 0 Å². The Bertz CT molecular complexity index is 1700. The second-order valence-corrected chi connectivity index (χ2v) is 9.37. The zero-order valence-electron chi connectivity index (χ0n) is 17.7. The van der Waals surface area contributed by atoms with Crippen molar-refractivity contribution in [2.75, 3.05) is 0 Å². The van der Waals surface area contributed by atoms with Crippen molar-refractivity contribution in [1.82, 2.24) is 0 Å². The van der Waals surface area contributed by atoms with Gasteiger partial charge in [-0.05, 0) is 71.4 Å². The van der Waals surface area contributed by atoms with E-state index < -0.39 is 0 Å². The maximum Gasteiger partial charge on any atom is 0.0159 e. The first-order chi connectivity index (χ1) is 15.1. The molecule has 0 heterocycles. The Morgan fingerprint density at radius 3 is 2.03 bits per heavy atom. The maximum absolute atomic E-state index is 2.38. The third-order valence-electron chi connectivity index (χ3n) is 7.41. The average Bonchev–Trinajstić information content (AvgIpc) is 2.80. The van der Waals surface area contributed by atoms with Crippen LogP contribution in [0.15, 0.2) is 97.1 Å². The van der Waals surface area contributed by atoms with Crippen LogP contribution in [0.2, 0.25) is 0 Å². The summed E-state index contributed by atoms with van der Waals surface area (Å²) >= 11 is 0. The van der Waals surface area contributed by atoms with E-state index in [1.54, 1.807) is 0 Å². The molecule has 0 spiro atoms. The summed E-state index contributed by atoms with van der Waals surface area (Å²) in [4.78, 5) is 0. The molecule has 0 N–H and O–H groups in total. The van der Waals surface area contributed by atoms with Crippen molar-refractivity contribution in [2.45, 2.75) is 19.3 Å². The van der Waals surface area contributed by atoms with Gasteiger partial charge in [0.2, 0.25) is 0 Å². The molecule has 0 saturated carbocycles. The van der Waals surface area contributed by atoms with E-state index in [9.17, 15) is 0 Å². The highest BCUT2D eigenvalue weighted by Gasteiger charge is 2.35. The molecule has 31 heavy (non-hydrogen) atoms. The van der Waals surface area contributed by atoms with Crippen LogP contribution in [-0.4, -0.2) is 0 Å². The zero-order valence-corrected chi connectivity index (χ0v) is 17.7. The molecule has 0 atom stereocenters. The topological polar surface area (TPSA) is 0 Å². The minimum atomic E-state index is -0.0515. The van der Waals surface area contributed by atoms with E-state index in [1.807, 2.05) is 0 Å². The fraction of sp³-hybridized carbons (Fsp3) is 0.0968.